The number of aliphatic carboxylic acids is 2. The van der Waals surface area contributed by atoms with Gasteiger partial charge in [0.15, 0.2) is 0 Å². The van der Waals surface area contributed by atoms with E-state index in [1.807, 2.05) is 0 Å². The van der Waals surface area contributed by atoms with Crippen molar-refractivity contribution in [3.8, 4) is 0 Å². The molecule has 0 spiro atoms. The number of carboxylic acids is 2. The van der Waals surface area contributed by atoms with Gasteiger partial charge in [-0.05, 0) is 65.7 Å². The first-order valence-corrected chi connectivity index (χ1v) is 29.2. The molecule has 0 bridgehead atoms. The number of hydrogen-bond acceptors (Lipinski definition) is 6. The third-order valence-electron chi connectivity index (χ3n) is 14.0. The molecule has 65 heavy (non-hydrogen) atoms. The quantitative estimate of drug-likeness (QED) is 0.0446. The molecule has 7 heteroatoms. The summed E-state index contributed by atoms with van der Waals surface area (Å²) in [6.45, 7) is 16.3. The van der Waals surface area contributed by atoms with E-state index in [9.17, 15) is 19.8 Å². The second-order valence-electron chi connectivity index (χ2n) is 20.2. The first-order valence-electron chi connectivity index (χ1n) is 29.2. The average molecular weight is 946 g/mol. The Kier molecular flexibility index (Phi) is 62.4. The summed E-state index contributed by atoms with van der Waals surface area (Å²) in [5.74, 6) is -1.84. The minimum Gasteiger partial charge on any atom is -0.548 e. The summed E-state index contributed by atoms with van der Waals surface area (Å²) in [6.07, 6.45) is 58.6. The van der Waals surface area contributed by atoms with E-state index in [0.717, 1.165) is 51.9 Å². The largest absolute Gasteiger partial charge is 2.00 e. The molecule has 2 atom stereocenters. The molecule has 0 aromatic heterocycles. The minimum atomic E-state index is -0.920. The number of hydrogen-bond donors (Lipinski definition) is 0. The van der Waals surface area contributed by atoms with Crippen LogP contribution in [-0.2, 0) is 9.59 Å². The summed E-state index contributed by atoms with van der Waals surface area (Å²) < 4.78 is 0. The Labute approximate surface area is 438 Å². The standard InChI is InChI=1S/2C29H59NO2.Ca/c2*1-4-6-8-10-12-14-16-18-20-22-24-26-30(28(3)29(31)32)27-25-23-21-19-17-15-13-11-9-7-5-2;/h2*28H,4-27H2,1-3H3,(H,31,32);/q;;+2/p-2. The third-order valence-corrected chi connectivity index (χ3v) is 14.0. The van der Waals surface area contributed by atoms with Crippen LogP contribution < -0.4 is 10.2 Å². The van der Waals surface area contributed by atoms with Gasteiger partial charge in [-0.2, -0.15) is 0 Å². The summed E-state index contributed by atoms with van der Waals surface area (Å²) >= 11 is 0. The van der Waals surface area contributed by atoms with Crippen LogP contribution >= 0.6 is 0 Å². The van der Waals surface area contributed by atoms with E-state index in [2.05, 4.69) is 37.5 Å². The number of rotatable bonds is 52. The van der Waals surface area contributed by atoms with Crippen LogP contribution in [0.3, 0.4) is 0 Å². The summed E-state index contributed by atoms with van der Waals surface area (Å²) in [7, 11) is 0. The molecule has 0 saturated heterocycles. The fraction of sp³-hybridized carbons (Fsp3) is 0.966. The summed E-state index contributed by atoms with van der Waals surface area (Å²) in [4.78, 5) is 27.1. The van der Waals surface area contributed by atoms with Gasteiger partial charge in [0.05, 0.1) is 11.9 Å². The number of unbranched alkanes of at least 4 members (excludes halogenated alkanes) is 40. The molecule has 0 aromatic carbocycles. The normalized spacial score (nSPS) is 12.3. The van der Waals surface area contributed by atoms with E-state index in [-0.39, 0.29) is 37.7 Å². The predicted molar refractivity (Wildman–Crippen MR) is 284 cm³/mol. The fourth-order valence-corrected chi connectivity index (χ4v) is 9.21. The van der Waals surface area contributed by atoms with Gasteiger partial charge in [-0.25, -0.2) is 0 Å². The second-order valence-corrected chi connectivity index (χ2v) is 20.2. The number of nitrogens with zero attached hydrogens (tertiary/aromatic N) is 2. The average Bonchev–Trinajstić information content (AvgIpc) is 3.29. The van der Waals surface area contributed by atoms with Crippen LogP contribution in [0.15, 0.2) is 0 Å². The molecule has 384 valence electrons. The molecule has 0 aliphatic carbocycles. The van der Waals surface area contributed by atoms with Crippen LogP contribution in [0.1, 0.15) is 324 Å². The molecule has 0 rings (SSSR count). The topological polar surface area (TPSA) is 86.7 Å². The molecule has 0 radical (unpaired) electrons. The summed E-state index contributed by atoms with van der Waals surface area (Å²) in [6, 6.07) is -0.914. The first kappa shape index (κ1) is 69.4. The van der Waals surface area contributed by atoms with Crippen molar-refractivity contribution >= 4 is 49.7 Å². The number of carboxylic acid groups (broad SMARTS) is 2. The van der Waals surface area contributed by atoms with Crippen molar-refractivity contribution in [3.63, 3.8) is 0 Å². The van der Waals surface area contributed by atoms with Crippen molar-refractivity contribution in [3.05, 3.63) is 0 Å². The van der Waals surface area contributed by atoms with Crippen molar-refractivity contribution in [1.82, 2.24) is 9.80 Å². The van der Waals surface area contributed by atoms with Crippen LogP contribution in [0.5, 0.6) is 0 Å². The van der Waals surface area contributed by atoms with Gasteiger partial charge in [0.25, 0.3) is 0 Å². The van der Waals surface area contributed by atoms with Gasteiger partial charge in [-0.3, -0.25) is 9.80 Å². The molecule has 6 nitrogen and oxygen atoms in total. The van der Waals surface area contributed by atoms with Crippen LogP contribution in [0.4, 0.5) is 0 Å². The molecule has 0 aliphatic rings. The van der Waals surface area contributed by atoms with Crippen LogP contribution in [0, 0.1) is 0 Å². The molecular weight excluding hydrogens is 829 g/mol. The van der Waals surface area contributed by atoms with Gasteiger partial charge >= 0.3 is 37.7 Å². The number of carbonyl (C=O) groups excluding carboxylic acids is 2. The van der Waals surface area contributed by atoms with Crippen molar-refractivity contribution in [1.29, 1.82) is 0 Å². The molecule has 0 aliphatic heterocycles. The van der Waals surface area contributed by atoms with Gasteiger partial charge < -0.3 is 19.8 Å². The van der Waals surface area contributed by atoms with Crippen molar-refractivity contribution in [2.45, 2.75) is 336 Å². The van der Waals surface area contributed by atoms with E-state index in [4.69, 9.17) is 0 Å². The number of carbonyl (C=O) groups is 2. The molecule has 0 aromatic rings. The maximum atomic E-state index is 11.4. The van der Waals surface area contributed by atoms with Gasteiger partial charge in [0, 0.05) is 12.1 Å². The van der Waals surface area contributed by atoms with Crippen molar-refractivity contribution in [2.75, 3.05) is 26.2 Å². The maximum absolute atomic E-state index is 11.4. The van der Waals surface area contributed by atoms with E-state index < -0.39 is 24.0 Å². The summed E-state index contributed by atoms with van der Waals surface area (Å²) in [5, 5.41) is 22.8. The Balaban J connectivity index is -0.00000116. The second kappa shape index (κ2) is 58.4. The molecule has 0 heterocycles. The smallest absolute Gasteiger partial charge is 0.548 e. The van der Waals surface area contributed by atoms with Gasteiger partial charge in [-0.1, -0.05) is 285 Å². The van der Waals surface area contributed by atoms with E-state index in [0.29, 0.717) is 0 Å². The molecular formula is C58H116CaN2O4. The molecule has 0 N–H and O–H groups in total. The Hall–Kier alpha value is 0.120. The van der Waals surface area contributed by atoms with E-state index in [1.54, 1.807) is 13.8 Å². The fourth-order valence-electron chi connectivity index (χ4n) is 9.21. The minimum absolute atomic E-state index is 0. The SMILES string of the molecule is CCCCCCCCCCCCCN(CCCCCCCCCCCCC)C(C)C(=O)[O-].CCCCCCCCCCCCCN(CCCCCCCCCCCCC)C(C)C(=O)[O-].[Ca+2]. The van der Waals surface area contributed by atoms with Crippen molar-refractivity contribution in [2.24, 2.45) is 0 Å². The Morgan fingerprint density at radius 1 is 0.277 bits per heavy atom. The van der Waals surface area contributed by atoms with Crippen LogP contribution in [0.2, 0.25) is 0 Å². The zero-order chi connectivity index (χ0) is 47.4. The predicted octanol–water partition coefficient (Wildman–Crippen LogP) is 15.7. The molecule has 0 saturated carbocycles. The van der Waals surface area contributed by atoms with Crippen LogP contribution in [0.25, 0.3) is 0 Å². The van der Waals surface area contributed by atoms with Crippen molar-refractivity contribution < 1.29 is 19.8 Å². The Morgan fingerprint density at radius 3 is 0.523 bits per heavy atom. The Bertz CT molecular complexity index is 798. The maximum Gasteiger partial charge on any atom is 2.00 e. The van der Waals surface area contributed by atoms with Gasteiger partial charge in [-0.15, -0.1) is 0 Å². The third kappa shape index (κ3) is 53.3. The van der Waals surface area contributed by atoms with Crippen LogP contribution in [-0.4, -0.2) is 97.7 Å². The molecule has 0 amide bonds. The molecule has 2 unspecified atom stereocenters. The summed E-state index contributed by atoms with van der Waals surface area (Å²) in [5.41, 5.74) is 0. The Morgan fingerprint density at radius 2 is 0.400 bits per heavy atom. The van der Waals surface area contributed by atoms with E-state index in [1.165, 1.54) is 257 Å². The van der Waals surface area contributed by atoms with Gasteiger partial charge in [0.1, 0.15) is 0 Å². The molecule has 0 fully saturated rings. The zero-order valence-electron chi connectivity index (χ0n) is 45.3. The first-order chi connectivity index (χ1) is 31.3. The van der Waals surface area contributed by atoms with E-state index >= 15 is 0 Å². The zero-order valence-corrected chi connectivity index (χ0v) is 47.5. The van der Waals surface area contributed by atoms with Gasteiger partial charge in [0.2, 0.25) is 0 Å². The monoisotopic (exact) mass is 945 g/mol.